The molecular formula is C8H13BrN2O. The second-order valence-electron chi connectivity index (χ2n) is 2.83. The zero-order valence-electron chi connectivity index (χ0n) is 7.05. The largest absolute Gasteiger partial charge is 0.394 e. The molecule has 1 unspecified atom stereocenters. The van der Waals surface area contributed by atoms with E-state index in [0.717, 1.165) is 12.3 Å². The highest BCUT2D eigenvalue weighted by Crippen LogP contribution is 2.22. The van der Waals surface area contributed by atoms with Gasteiger partial charge in [0.15, 0.2) is 0 Å². The zero-order chi connectivity index (χ0) is 8.97. The van der Waals surface area contributed by atoms with Crippen molar-refractivity contribution in [1.29, 1.82) is 0 Å². The highest BCUT2D eigenvalue weighted by atomic mass is 79.9. The van der Waals surface area contributed by atoms with Crippen LogP contribution in [0.4, 0.5) is 0 Å². The van der Waals surface area contributed by atoms with Crippen molar-refractivity contribution in [2.45, 2.75) is 13.3 Å². The minimum Gasteiger partial charge on any atom is -0.394 e. The standard InChI is InChI=1S/C8H13BrN2O/c1-6-4-8(10-2-3-12)11-5-7(6)9/h5-6,12H,2-4H2,1H3,(H,10,11). The molecule has 1 atom stereocenters. The third-order valence-corrected chi connectivity index (χ3v) is 2.76. The molecule has 0 aromatic rings. The van der Waals surface area contributed by atoms with Gasteiger partial charge in [-0.15, -0.1) is 0 Å². The molecule has 0 aliphatic carbocycles. The number of halogens is 1. The maximum absolute atomic E-state index is 8.56. The molecule has 0 aromatic carbocycles. The summed E-state index contributed by atoms with van der Waals surface area (Å²) in [7, 11) is 0. The van der Waals surface area contributed by atoms with Crippen LogP contribution in [0.5, 0.6) is 0 Å². The molecule has 4 heteroatoms. The molecule has 1 aliphatic heterocycles. The van der Waals surface area contributed by atoms with E-state index < -0.39 is 0 Å². The Balaban J connectivity index is 2.52. The van der Waals surface area contributed by atoms with E-state index in [1.807, 2.05) is 6.20 Å². The Hall–Kier alpha value is -0.350. The molecule has 0 spiro atoms. The van der Waals surface area contributed by atoms with Gasteiger partial charge in [-0.25, -0.2) is 0 Å². The normalized spacial score (nSPS) is 26.8. The summed E-state index contributed by atoms with van der Waals surface area (Å²) in [4.78, 5) is 4.18. The third kappa shape index (κ3) is 2.60. The van der Waals surface area contributed by atoms with Crippen LogP contribution in [0, 0.1) is 5.92 Å². The molecule has 3 nitrogen and oxygen atoms in total. The Bertz CT molecular complexity index is 213. The van der Waals surface area contributed by atoms with Crippen molar-refractivity contribution in [2.75, 3.05) is 13.2 Å². The molecule has 0 saturated heterocycles. The highest BCUT2D eigenvalue weighted by molar-refractivity contribution is 9.11. The number of nitrogens with zero attached hydrogens (tertiary/aromatic N) is 1. The lowest BCUT2D eigenvalue weighted by molar-refractivity contribution is 0.306. The highest BCUT2D eigenvalue weighted by Gasteiger charge is 2.14. The molecule has 0 amide bonds. The second-order valence-corrected chi connectivity index (χ2v) is 3.75. The van der Waals surface area contributed by atoms with Crippen LogP contribution in [-0.4, -0.2) is 24.1 Å². The van der Waals surface area contributed by atoms with Crippen LogP contribution >= 0.6 is 15.9 Å². The van der Waals surface area contributed by atoms with Gasteiger partial charge < -0.3 is 10.4 Å². The fourth-order valence-electron chi connectivity index (χ4n) is 1.04. The first kappa shape index (κ1) is 9.74. The minimum atomic E-state index is 0.116. The summed E-state index contributed by atoms with van der Waals surface area (Å²) in [5.74, 6) is 1.45. The number of rotatable bonds is 2. The Morgan fingerprint density at radius 1 is 1.83 bits per heavy atom. The van der Waals surface area contributed by atoms with Gasteiger partial charge in [-0.3, -0.25) is 4.99 Å². The molecule has 0 aromatic heterocycles. The Morgan fingerprint density at radius 2 is 2.58 bits per heavy atom. The van der Waals surface area contributed by atoms with Crippen LogP contribution in [0.25, 0.3) is 0 Å². The lowest BCUT2D eigenvalue weighted by Crippen LogP contribution is -2.26. The monoisotopic (exact) mass is 232 g/mol. The number of hydrogen-bond acceptors (Lipinski definition) is 2. The van der Waals surface area contributed by atoms with Crippen molar-refractivity contribution in [3.05, 3.63) is 10.7 Å². The molecule has 1 heterocycles. The SMILES string of the molecule is CC1CC(=NCCO)NC=C1Br. The lowest BCUT2D eigenvalue weighted by atomic mass is 10.1. The number of aliphatic hydroxyl groups is 1. The summed E-state index contributed by atoms with van der Waals surface area (Å²) >= 11 is 3.44. The Kier molecular flexibility index (Phi) is 3.75. The zero-order valence-corrected chi connectivity index (χ0v) is 8.63. The smallest absolute Gasteiger partial charge is 0.101 e. The van der Waals surface area contributed by atoms with Crippen LogP contribution in [0.15, 0.2) is 15.7 Å². The lowest BCUT2D eigenvalue weighted by Gasteiger charge is -2.18. The first-order chi connectivity index (χ1) is 5.74. The second kappa shape index (κ2) is 4.62. The Labute approximate surface area is 80.7 Å². The average molecular weight is 233 g/mol. The van der Waals surface area contributed by atoms with Crippen molar-refractivity contribution >= 4 is 21.8 Å². The van der Waals surface area contributed by atoms with Crippen molar-refractivity contribution in [3.8, 4) is 0 Å². The van der Waals surface area contributed by atoms with E-state index in [1.54, 1.807) is 0 Å². The molecule has 0 radical (unpaired) electrons. The van der Waals surface area contributed by atoms with Crippen molar-refractivity contribution < 1.29 is 5.11 Å². The summed E-state index contributed by atoms with van der Waals surface area (Å²) in [6.07, 6.45) is 2.82. The van der Waals surface area contributed by atoms with E-state index in [-0.39, 0.29) is 6.61 Å². The molecule has 1 aliphatic rings. The quantitative estimate of drug-likeness (QED) is 0.753. The molecule has 0 bridgehead atoms. The van der Waals surface area contributed by atoms with Crippen molar-refractivity contribution in [1.82, 2.24) is 5.32 Å². The number of aliphatic hydroxyl groups excluding tert-OH is 1. The molecule has 12 heavy (non-hydrogen) atoms. The van der Waals surface area contributed by atoms with E-state index in [4.69, 9.17) is 5.11 Å². The third-order valence-electron chi connectivity index (χ3n) is 1.75. The van der Waals surface area contributed by atoms with Gasteiger partial charge >= 0.3 is 0 Å². The molecular weight excluding hydrogens is 220 g/mol. The predicted octanol–water partition coefficient (Wildman–Crippen LogP) is 1.24. The summed E-state index contributed by atoms with van der Waals surface area (Å²) < 4.78 is 1.17. The van der Waals surface area contributed by atoms with E-state index in [0.29, 0.717) is 12.5 Å². The summed E-state index contributed by atoms with van der Waals surface area (Å²) in [5, 5.41) is 11.6. The Morgan fingerprint density at radius 3 is 3.17 bits per heavy atom. The molecule has 0 saturated carbocycles. The van der Waals surface area contributed by atoms with Gasteiger partial charge in [-0.2, -0.15) is 0 Å². The first-order valence-electron chi connectivity index (χ1n) is 4.00. The van der Waals surface area contributed by atoms with Gasteiger partial charge in [0.2, 0.25) is 0 Å². The number of allylic oxidation sites excluding steroid dienone is 1. The molecule has 0 fully saturated rings. The van der Waals surface area contributed by atoms with E-state index in [1.165, 1.54) is 4.48 Å². The summed E-state index contributed by atoms with van der Waals surface area (Å²) in [6, 6.07) is 0. The van der Waals surface area contributed by atoms with E-state index >= 15 is 0 Å². The van der Waals surface area contributed by atoms with Crippen LogP contribution in [-0.2, 0) is 0 Å². The minimum absolute atomic E-state index is 0.116. The topological polar surface area (TPSA) is 44.6 Å². The number of amidine groups is 1. The van der Waals surface area contributed by atoms with Crippen LogP contribution in [0.3, 0.4) is 0 Å². The van der Waals surface area contributed by atoms with Gasteiger partial charge in [-0.1, -0.05) is 22.9 Å². The van der Waals surface area contributed by atoms with E-state index in [2.05, 4.69) is 33.2 Å². The van der Waals surface area contributed by atoms with Gasteiger partial charge in [0.25, 0.3) is 0 Å². The summed E-state index contributed by atoms with van der Waals surface area (Å²) in [5.41, 5.74) is 0. The average Bonchev–Trinajstić information content (AvgIpc) is 2.07. The maximum atomic E-state index is 8.56. The summed E-state index contributed by atoms with van der Waals surface area (Å²) in [6.45, 7) is 2.74. The first-order valence-corrected chi connectivity index (χ1v) is 4.79. The molecule has 1 rings (SSSR count). The van der Waals surface area contributed by atoms with Gasteiger partial charge in [0.1, 0.15) is 5.84 Å². The molecule has 68 valence electrons. The van der Waals surface area contributed by atoms with Gasteiger partial charge in [0, 0.05) is 17.1 Å². The van der Waals surface area contributed by atoms with Crippen molar-refractivity contribution in [2.24, 2.45) is 10.9 Å². The van der Waals surface area contributed by atoms with Crippen LogP contribution in [0.2, 0.25) is 0 Å². The fraction of sp³-hybridized carbons (Fsp3) is 0.625. The maximum Gasteiger partial charge on any atom is 0.101 e. The van der Waals surface area contributed by atoms with E-state index in [9.17, 15) is 0 Å². The van der Waals surface area contributed by atoms with Crippen molar-refractivity contribution in [3.63, 3.8) is 0 Å². The predicted molar refractivity (Wildman–Crippen MR) is 53.3 cm³/mol. The van der Waals surface area contributed by atoms with Gasteiger partial charge in [-0.05, 0) is 5.92 Å². The van der Waals surface area contributed by atoms with Crippen LogP contribution < -0.4 is 5.32 Å². The van der Waals surface area contributed by atoms with Gasteiger partial charge in [0.05, 0.1) is 13.2 Å². The molecule has 2 N–H and O–H groups in total. The number of nitrogens with one attached hydrogen (secondary N) is 1. The number of aliphatic imine (C=N–C) groups is 1. The fourth-order valence-corrected chi connectivity index (χ4v) is 1.31. The number of hydrogen-bond donors (Lipinski definition) is 2. The van der Waals surface area contributed by atoms with Crippen LogP contribution in [0.1, 0.15) is 13.3 Å².